The van der Waals surface area contributed by atoms with Crippen molar-refractivity contribution < 1.29 is 22.7 Å². The maximum absolute atomic E-state index is 12.5. The van der Waals surface area contributed by atoms with Gasteiger partial charge in [-0.2, -0.15) is 13.2 Å². The van der Waals surface area contributed by atoms with E-state index in [2.05, 4.69) is 15.3 Å². The van der Waals surface area contributed by atoms with Crippen molar-refractivity contribution in [3.63, 3.8) is 0 Å². The Balaban J connectivity index is 1.65. The molecule has 0 bridgehead atoms. The van der Waals surface area contributed by atoms with E-state index >= 15 is 0 Å². The first kappa shape index (κ1) is 18.4. The lowest BCUT2D eigenvalue weighted by molar-refractivity contribution is -0.137. The van der Waals surface area contributed by atoms with Crippen LogP contribution in [0.4, 0.5) is 18.9 Å². The molecule has 0 saturated carbocycles. The molecule has 0 unspecified atom stereocenters. The minimum absolute atomic E-state index is 0.0208. The molecular weight excluding hydrogens is 359 g/mol. The van der Waals surface area contributed by atoms with E-state index in [0.717, 1.165) is 17.8 Å². The number of hydrogen-bond acceptors (Lipinski definition) is 4. The first-order valence-corrected chi connectivity index (χ1v) is 7.86. The molecule has 0 spiro atoms. The number of rotatable bonds is 4. The summed E-state index contributed by atoms with van der Waals surface area (Å²) in [5, 5.41) is 2.75. The highest BCUT2D eigenvalue weighted by Gasteiger charge is 2.30. The molecular formula is C19H14F3N3O2. The van der Waals surface area contributed by atoms with Crippen molar-refractivity contribution in [3.8, 4) is 11.6 Å². The van der Waals surface area contributed by atoms with Crippen LogP contribution in [-0.4, -0.2) is 15.9 Å². The van der Waals surface area contributed by atoms with E-state index in [-0.39, 0.29) is 11.8 Å². The van der Waals surface area contributed by atoms with Crippen molar-refractivity contribution >= 4 is 11.6 Å². The molecule has 1 N–H and O–H groups in total. The Morgan fingerprint density at radius 1 is 1.04 bits per heavy atom. The number of alkyl halides is 3. The molecule has 1 amide bonds. The molecule has 5 nitrogen and oxygen atoms in total. The van der Waals surface area contributed by atoms with Crippen molar-refractivity contribution in [2.75, 3.05) is 5.32 Å². The molecule has 1 aromatic carbocycles. The molecule has 3 rings (SSSR count). The molecule has 2 heterocycles. The minimum Gasteiger partial charge on any atom is -0.439 e. The highest BCUT2D eigenvalue weighted by atomic mass is 19.4. The number of carbonyl (C=O) groups is 1. The summed E-state index contributed by atoms with van der Waals surface area (Å²) >= 11 is 0. The molecule has 138 valence electrons. The summed E-state index contributed by atoms with van der Waals surface area (Å²) in [6.45, 7) is 1.82. The van der Waals surface area contributed by atoms with Crippen molar-refractivity contribution in [3.05, 3.63) is 77.7 Å². The van der Waals surface area contributed by atoms with Crippen LogP contribution >= 0.6 is 0 Å². The molecule has 0 atom stereocenters. The van der Waals surface area contributed by atoms with Gasteiger partial charge in [-0.3, -0.25) is 9.78 Å². The summed E-state index contributed by atoms with van der Waals surface area (Å²) in [7, 11) is 0. The maximum atomic E-state index is 12.5. The molecule has 0 aliphatic heterocycles. The van der Waals surface area contributed by atoms with Crippen LogP contribution in [0, 0.1) is 6.92 Å². The zero-order chi connectivity index (χ0) is 19.4. The van der Waals surface area contributed by atoms with Crippen LogP contribution in [0.1, 0.15) is 21.6 Å². The Kier molecular flexibility index (Phi) is 5.07. The maximum Gasteiger partial charge on any atom is 0.417 e. The van der Waals surface area contributed by atoms with E-state index in [9.17, 15) is 18.0 Å². The third kappa shape index (κ3) is 4.81. The molecule has 3 aromatic rings. The van der Waals surface area contributed by atoms with Crippen LogP contribution in [0.5, 0.6) is 11.6 Å². The van der Waals surface area contributed by atoms with Crippen molar-refractivity contribution in [2.45, 2.75) is 13.1 Å². The summed E-state index contributed by atoms with van der Waals surface area (Å²) in [5.74, 6) is 0.0610. The second-order valence-corrected chi connectivity index (χ2v) is 5.65. The van der Waals surface area contributed by atoms with Gasteiger partial charge in [-0.15, -0.1) is 0 Å². The zero-order valence-corrected chi connectivity index (χ0v) is 14.1. The summed E-state index contributed by atoms with van der Waals surface area (Å²) in [6.07, 6.45) is -2.15. The van der Waals surface area contributed by atoms with Gasteiger partial charge in [-0.25, -0.2) is 4.98 Å². The number of hydrogen-bond donors (Lipinski definition) is 1. The number of halogens is 3. The predicted octanol–water partition coefficient (Wildman–Crippen LogP) is 4.85. The molecule has 0 aliphatic carbocycles. The molecule has 27 heavy (non-hydrogen) atoms. The van der Waals surface area contributed by atoms with Crippen LogP contribution in [0.15, 0.2) is 60.9 Å². The van der Waals surface area contributed by atoms with E-state index in [1.807, 2.05) is 6.92 Å². The Hall–Kier alpha value is -3.42. The van der Waals surface area contributed by atoms with Gasteiger partial charge >= 0.3 is 6.18 Å². The van der Waals surface area contributed by atoms with Gasteiger partial charge in [0, 0.05) is 35.4 Å². The molecule has 8 heteroatoms. The van der Waals surface area contributed by atoms with E-state index in [4.69, 9.17) is 4.74 Å². The van der Waals surface area contributed by atoms with Crippen molar-refractivity contribution in [1.82, 2.24) is 9.97 Å². The standard InChI is InChI=1S/C19H14F3N3O2/c1-12-10-15(8-9-23-12)25-18(26)13-2-5-16(6-3-13)27-17-7-4-14(11-24-17)19(20,21)22/h2-11H,1H3,(H,23,25,26). The molecule has 0 fully saturated rings. The number of pyridine rings is 2. The molecule has 0 saturated heterocycles. The van der Waals surface area contributed by atoms with E-state index < -0.39 is 11.7 Å². The van der Waals surface area contributed by atoms with Gasteiger partial charge in [-0.1, -0.05) is 0 Å². The lowest BCUT2D eigenvalue weighted by Gasteiger charge is -2.09. The summed E-state index contributed by atoms with van der Waals surface area (Å²) in [6, 6.07) is 11.6. The summed E-state index contributed by atoms with van der Waals surface area (Å²) in [5.41, 5.74) is 0.952. The normalized spacial score (nSPS) is 11.1. The Labute approximate surface area is 152 Å². The third-order valence-electron chi connectivity index (χ3n) is 3.56. The number of aromatic nitrogens is 2. The number of benzene rings is 1. The highest BCUT2D eigenvalue weighted by molar-refractivity contribution is 6.04. The van der Waals surface area contributed by atoms with Crippen LogP contribution in [0.25, 0.3) is 0 Å². The second-order valence-electron chi connectivity index (χ2n) is 5.65. The van der Waals surface area contributed by atoms with Gasteiger partial charge < -0.3 is 10.1 Å². The second kappa shape index (κ2) is 7.45. The van der Waals surface area contributed by atoms with Gasteiger partial charge in [0.2, 0.25) is 5.88 Å². The highest BCUT2D eigenvalue weighted by Crippen LogP contribution is 2.30. The van der Waals surface area contributed by atoms with Crippen LogP contribution in [-0.2, 0) is 6.18 Å². The number of amides is 1. The number of ether oxygens (including phenoxy) is 1. The zero-order valence-electron chi connectivity index (χ0n) is 14.1. The fraction of sp³-hybridized carbons (Fsp3) is 0.105. The van der Waals surface area contributed by atoms with Gasteiger partial charge in [0.05, 0.1) is 5.56 Å². The molecule has 0 aliphatic rings. The molecule has 0 radical (unpaired) electrons. The van der Waals surface area contributed by atoms with Crippen LogP contribution in [0.3, 0.4) is 0 Å². The average Bonchev–Trinajstić information content (AvgIpc) is 2.62. The number of aryl methyl sites for hydroxylation is 1. The monoisotopic (exact) mass is 373 g/mol. The predicted molar refractivity (Wildman–Crippen MR) is 92.7 cm³/mol. The summed E-state index contributed by atoms with van der Waals surface area (Å²) in [4.78, 5) is 19.9. The van der Waals surface area contributed by atoms with Gasteiger partial charge in [0.15, 0.2) is 0 Å². The smallest absolute Gasteiger partial charge is 0.417 e. The topological polar surface area (TPSA) is 64.1 Å². The lowest BCUT2D eigenvalue weighted by Crippen LogP contribution is -2.11. The third-order valence-corrected chi connectivity index (χ3v) is 3.56. The fourth-order valence-electron chi connectivity index (χ4n) is 2.23. The Morgan fingerprint density at radius 3 is 2.37 bits per heavy atom. The van der Waals surface area contributed by atoms with Crippen LogP contribution in [0.2, 0.25) is 0 Å². The fourth-order valence-corrected chi connectivity index (χ4v) is 2.23. The van der Waals surface area contributed by atoms with E-state index in [0.29, 0.717) is 23.2 Å². The number of nitrogens with one attached hydrogen (secondary N) is 1. The van der Waals surface area contributed by atoms with Gasteiger partial charge in [0.1, 0.15) is 5.75 Å². The lowest BCUT2D eigenvalue weighted by atomic mass is 10.2. The Bertz CT molecular complexity index is 940. The van der Waals surface area contributed by atoms with E-state index in [1.54, 1.807) is 30.5 Å². The number of nitrogens with zero attached hydrogens (tertiary/aromatic N) is 2. The number of carbonyl (C=O) groups excluding carboxylic acids is 1. The average molecular weight is 373 g/mol. The largest absolute Gasteiger partial charge is 0.439 e. The van der Waals surface area contributed by atoms with Gasteiger partial charge in [-0.05, 0) is 49.4 Å². The van der Waals surface area contributed by atoms with Crippen molar-refractivity contribution in [2.24, 2.45) is 0 Å². The first-order chi connectivity index (χ1) is 12.8. The summed E-state index contributed by atoms with van der Waals surface area (Å²) < 4.78 is 43.0. The first-order valence-electron chi connectivity index (χ1n) is 7.86. The SMILES string of the molecule is Cc1cc(NC(=O)c2ccc(Oc3ccc(C(F)(F)F)cn3)cc2)ccn1. The van der Waals surface area contributed by atoms with Crippen LogP contribution < -0.4 is 10.1 Å². The number of anilines is 1. The molecule has 2 aromatic heterocycles. The minimum atomic E-state index is -4.45. The quantitative estimate of drug-likeness (QED) is 0.710. The Morgan fingerprint density at radius 2 is 1.78 bits per heavy atom. The van der Waals surface area contributed by atoms with Crippen molar-refractivity contribution in [1.29, 1.82) is 0 Å². The van der Waals surface area contributed by atoms with E-state index in [1.165, 1.54) is 12.1 Å². The van der Waals surface area contributed by atoms with Gasteiger partial charge in [0.25, 0.3) is 5.91 Å².